The van der Waals surface area contributed by atoms with Crippen molar-refractivity contribution in [2.24, 2.45) is 0 Å². The zero-order valence-corrected chi connectivity index (χ0v) is 14.9. The molecule has 2 aromatic rings. The number of halogens is 2. The number of aromatic nitrogens is 1. The molecule has 0 spiro atoms. The summed E-state index contributed by atoms with van der Waals surface area (Å²) in [5.41, 5.74) is 3.25. The smallest absolute Gasteiger partial charge is 0.206 e. The lowest BCUT2D eigenvalue weighted by Gasteiger charge is -2.15. The lowest BCUT2D eigenvalue weighted by Crippen LogP contribution is -2.39. The van der Waals surface area contributed by atoms with Crippen LogP contribution in [0.2, 0.25) is 10.0 Å². The Kier molecular flexibility index (Phi) is 3.72. The van der Waals surface area contributed by atoms with Gasteiger partial charge >= 0.3 is 0 Å². The Hall–Kier alpha value is -2.48. The third kappa shape index (κ3) is 2.31. The average Bonchev–Trinajstić information content (AvgIpc) is 2.92. The molecule has 0 saturated heterocycles. The highest BCUT2D eigenvalue weighted by Gasteiger charge is 2.28. The first kappa shape index (κ1) is 16.0. The minimum atomic E-state index is -0.228. The minimum Gasteiger partial charge on any atom is -0.387 e. The van der Waals surface area contributed by atoms with Gasteiger partial charge in [-0.05, 0) is 36.3 Å². The van der Waals surface area contributed by atoms with E-state index in [4.69, 9.17) is 23.2 Å². The van der Waals surface area contributed by atoms with Crippen molar-refractivity contribution >= 4 is 40.8 Å². The normalized spacial score (nSPS) is 15.5. The molecule has 6 heteroatoms. The van der Waals surface area contributed by atoms with Crippen LogP contribution in [0.5, 0.6) is 0 Å². The highest BCUT2D eigenvalue weighted by Crippen LogP contribution is 2.28. The number of nitrogens with zero attached hydrogens (tertiary/aromatic N) is 2. The molecule has 1 aromatic carbocycles. The molecule has 0 radical (unpaired) electrons. The van der Waals surface area contributed by atoms with E-state index in [-0.39, 0.29) is 11.4 Å². The Bertz CT molecular complexity index is 1130. The quantitative estimate of drug-likeness (QED) is 0.838. The van der Waals surface area contributed by atoms with Crippen LogP contribution in [0.1, 0.15) is 21.5 Å². The number of rotatable bonds is 1. The van der Waals surface area contributed by atoms with Gasteiger partial charge in [0.1, 0.15) is 11.6 Å². The van der Waals surface area contributed by atoms with E-state index in [9.17, 15) is 10.1 Å². The van der Waals surface area contributed by atoms with Gasteiger partial charge in [-0.2, -0.15) is 5.26 Å². The maximum Gasteiger partial charge on any atom is 0.206 e. The summed E-state index contributed by atoms with van der Waals surface area (Å²) in [5.74, 6) is -0.228. The van der Waals surface area contributed by atoms with E-state index in [0.29, 0.717) is 15.6 Å². The van der Waals surface area contributed by atoms with E-state index >= 15 is 0 Å². The van der Waals surface area contributed by atoms with Crippen LogP contribution in [0.15, 0.2) is 29.8 Å². The van der Waals surface area contributed by atoms with Crippen LogP contribution in [0.25, 0.3) is 11.8 Å². The number of nitriles is 1. The first-order valence-corrected chi connectivity index (χ1v) is 8.57. The van der Waals surface area contributed by atoms with Gasteiger partial charge in [-0.15, -0.1) is 0 Å². The molecule has 0 atom stereocenters. The maximum absolute atomic E-state index is 12.8. The summed E-state index contributed by atoms with van der Waals surface area (Å²) in [6.45, 7) is 3.44. The molecule has 4 rings (SSSR count). The van der Waals surface area contributed by atoms with Gasteiger partial charge in [-0.25, -0.2) is 0 Å². The van der Waals surface area contributed by atoms with Crippen LogP contribution in [-0.2, 0) is 6.54 Å². The van der Waals surface area contributed by atoms with E-state index in [1.807, 2.05) is 25.3 Å². The zero-order chi connectivity index (χ0) is 17.7. The van der Waals surface area contributed by atoms with E-state index in [1.54, 1.807) is 18.2 Å². The fourth-order valence-electron chi connectivity index (χ4n) is 3.46. The van der Waals surface area contributed by atoms with E-state index < -0.39 is 0 Å². The molecule has 1 N–H and O–H groups in total. The number of benzene rings is 1. The van der Waals surface area contributed by atoms with Gasteiger partial charge in [0.2, 0.25) is 5.78 Å². The van der Waals surface area contributed by atoms with Gasteiger partial charge in [-0.1, -0.05) is 29.3 Å². The molecular weight excluding hydrogens is 357 g/mol. The zero-order valence-electron chi connectivity index (χ0n) is 13.4. The van der Waals surface area contributed by atoms with Crippen LogP contribution in [0, 0.1) is 18.3 Å². The SMILES string of the molecule is Cc1c2c(n3c1=CNCC3)=C(c1ccc(Cl)c(Cl)c1)C=C(C#N)C2=O. The Morgan fingerprint density at radius 2 is 2.08 bits per heavy atom. The lowest BCUT2D eigenvalue weighted by molar-refractivity contribution is 0.103. The molecule has 0 saturated carbocycles. The van der Waals surface area contributed by atoms with Crippen LogP contribution in [-0.4, -0.2) is 16.9 Å². The first-order valence-electron chi connectivity index (χ1n) is 7.82. The van der Waals surface area contributed by atoms with Crippen molar-refractivity contribution in [2.75, 3.05) is 6.54 Å². The van der Waals surface area contributed by atoms with Crippen molar-refractivity contribution in [3.8, 4) is 6.07 Å². The summed E-state index contributed by atoms with van der Waals surface area (Å²) in [4.78, 5) is 12.8. The van der Waals surface area contributed by atoms with E-state index in [1.165, 1.54) is 0 Å². The molecule has 1 aromatic heterocycles. The molecule has 1 aliphatic carbocycles. The number of nitrogens with one attached hydrogen (secondary N) is 1. The number of fused-ring (bicyclic) bond motifs is 3. The van der Waals surface area contributed by atoms with Crippen molar-refractivity contribution in [1.29, 1.82) is 5.26 Å². The van der Waals surface area contributed by atoms with Gasteiger partial charge in [0, 0.05) is 24.9 Å². The standard InChI is InChI=1S/C19H13Cl2N3O/c1-10-16-9-23-4-5-24(16)18-13(6-12(8-22)19(25)17(10)18)11-2-3-14(20)15(21)7-11/h2-3,6-7,9,23H,4-5H2,1H3. The number of carbonyl (C=O) groups is 1. The second-order valence-electron chi connectivity index (χ2n) is 6.03. The number of allylic oxidation sites excluding steroid dienone is 2. The maximum atomic E-state index is 12.8. The van der Waals surface area contributed by atoms with Gasteiger partial charge in [0.05, 0.1) is 26.3 Å². The summed E-state index contributed by atoms with van der Waals surface area (Å²) in [6, 6.07) is 7.37. The Balaban J connectivity index is 2.18. The first-order chi connectivity index (χ1) is 12.0. The summed E-state index contributed by atoms with van der Waals surface area (Å²) in [6.07, 6.45) is 3.57. The predicted octanol–water partition coefficient (Wildman–Crippen LogP) is 2.29. The second kappa shape index (κ2) is 5.80. The topological polar surface area (TPSA) is 57.8 Å². The highest BCUT2D eigenvalue weighted by molar-refractivity contribution is 6.42. The molecule has 0 amide bonds. The molecule has 0 unspecified atom stereocenters. The van der Waals surface area contributed by atoms with Crippen LogP contribution < -0.4 is 16.0 Å². The molecule has 0 bridgehead atoms. The molecule has 124 valence electrons. The number of ketones is 1. The highest BCUT2D eigenvalue weighted by atomic mass is 35.5. The van der Waals surface area contributed by atoms with Crippen molar-refractivity contribution in [2.45, 2.75) is 13.5 Å². The van der Waals surface area contributed by atoms with Crippen LogP contribution in [0.3, 0.4) is 0 Å². The van der Waals surface area contributed by atoms with E-state index in [0.717, 1.165) is 40.5 Å². The number of carbonyl (C=O) groups excluding carboxylic acids is 1. The number of hydrogen-bond donors (Lipinski definition) is 1. The monoisotopic (exact) mass is 369 g/mol. The number of Topliss-reactive ketones (excluding diaryl/α,β-unsaturated/α-hetero) is 1. The summed E-state index contributed by atoms with van der Waals surface area (Å²) in [7, 11) is 0. The molecule has 1 aliphatic heterocycles. The Labute approximate surface area is 154 Å². The second-order valence-corrected chi connectivity index (χ2v) is 6.84. The molecule has 4 nitrogen and oxygen atoms in total. The fourth-order valence-corrected chi connectivity index (χ4v) is 3.76. The summed E-state index contributed by atoms with van der Waals surface area (Å²) >= 11 is 12.2. The molecule has 0 fully saturated rings. The predicted molar refractivity (Wildman–Crippen MR) is 97.9 cm³/mol. The van der Waals surface area contributed by atoms with Gasteiger partial charge in [0.15, 0.2) is 0 Å². The lowest BCUT2D eigenvalue weighted by atomic mass is 9.91. The largest absolute Gasteiger partial charge is 0.387 e. The third-order valence-corrected chi connectivity index (χ3v) is 5.38. The average molecular weight is 370 g/mol. The van der Waals surface area contributed by atoms with Crippen molar-refractivity contribution in [1.82, 2.24) is 9.88 Å². The van der Waals surface area contributed by atoms with Gasteiger partial charge in [-0.3, -0.25) is 4.79 Å². The molecule has 25 heavy (non-hydrogen) atoms. The van der Waals surface area contributed by atoms with Gasteiger partial charge < -0.3 is 9.88 Å². The Morgan fingerprint density at radius 3 is 2.80 bits per heavy atom. The van der Waals surface area contributed by atoms with Crippen molar-refractivity contribution < 1.29 is 4.79 Å². The van der Waals surface area contributed by atoms with Crippen LogP contribution in [0.4, 0.5) is 0 Å². The Morgan fingerprint density at radius 1 is 1.28 bits per heavy atom. The third-order valence-electron chi connectivity index (χ3n) is 4.64. The van der Waals surface area contributed by atoms with Crippen LogP contribution >= 0.6 is 23.2 Å². The summed E-state index contributed by atoms with van der Waals surface area (Å²) in [5, 5.41) is 15.3. The molecule has 2 aliphatic rings. The summed E-state index contributed by atoms with van der Waals surface area (Å²) < 4.78 is 2.13. The fraction of sp³-hybridized carbons (Fsp3) is 0.158. The molecular formula is C19H13Cl2N3O. The van der Waals surface area contributed by atoms with Gasteiger partial charge in [0.25, 0.3) is 0 Å². The molecule has 2 heterocycles. The van der Waals surface area contributed by atoms with Crippen molar-refractivity contribution in [3.63, 3.8) is 0 Å². The van der Waals surface area contributed by atoms with Crippen molar-refractivity contribution in [3.05, 3.63) is 67.3 Å². The number of hydrogen-bond acceptors (Lipinski definition) is 3. The minimum absolute atomic E-state index is 0.132. The van der Waals surface area contributed by atoms with E-state index in [2.05, 4.69) is 9.88 Å².